The molecule has 1 aromatic carbocycles. The maximum Gasteiger partial charge on any atom is 0.0626 e. The van der Waals surface area contributed by atoms with E-state index in [1.807, 2.05) is 0 Å². The SMILES string of the molecule is OCCN=Cc1ccc(Cl)cc1Cl. The Labute approximate surface area is 86.8 Å². The molecule has 13 heavy (non-hydrogen) atoms. The summed E-state index contributed by atoms with van der Waals surface area (Å²) in [6, 6.07) is 5.18. The highest BCUT2D eigenvalue weighted by Gasteiger charge is 1.96. The third kappa shape index (κ3) is 3.35. The van der Waals surface area contributed by atoms with Gasteiger partial charge in [0.2, 0.25) is 0 Å². The van der Waals surface area contributed by atoms with Crippen LogP contribution in [-0.2, 0) is 0 Å². The summed E-state index contributed by atoms with van der Waals surface area (Å²) in [5.74, 6) is 0. The standard InChI is InChI=1S/C9H9Cl2NO/c10-8-2-1-7(9(11)5-8)6-12-3-4-13/h1-2,5-6,13H,3-4H2. The molecule has 0 aliphatic carbocycles. The fourth-order valence-electron chi connectivity index (χ4n) is 0.827. The van der Waals surface area contributed by atoms with Crippen molar-refractivity contribution in [1.29, 1.82) is 0 Å². The van der Waals surface area contributed by atoms with Gasteiger partial charge in [0.05, 0.1) is 18.2 Å². The third-order valence-corrected chi connectivity index (χ3v) is 1.98. The van der Waals surface area contributed by atoms with Gasteiger partial charge in [0.1, 0.15) is 0 Å². The van der Waals surface area contributed by atoms with Crippen LogP contribution < -0.4 is 0 Å². The molecule has 0 fully saturated rings. The van der Waals surface area contributed by atoms with Crippen molar-refractivity contribution in [1.82, 2.24) is 0 Å². The molecule has 0 aliphatic rings. The fourth-order valence-corrected chi connectivity index (χ4v) is 1.28. The van der Waals surface area contributed by atoms with Crippen LogP contribution in [-0.4, -0.2) is 24.5 Å². The van der Waals surface area contributed by atoms with Crippen LogP contribution in [0, 0.1) is 0 Å². The zero-order valence-corrected chi connectivity index (χ0v) is 8.39. The Hall–Kier alpha value is -0.570. The van der Waals surface area contributed by atoms with E-state index in [-0.39, 0.29) is 6.61 Å². The highest BCUT2D eigenvalue weighted by Crippen LogP contribution is 2.19. The minimum Gasteiger partial charge on any atom is -0.394 e. The van der Waals surface area contributed by atoms with E-state index < -0.39 is 0 Å². The first-order valence-electron chi connectivity index (χ1n) is 3.80. The lowest BCUT2D eigenvalue weighted by molar-refractivity contribution is 0.307. The van der Waals surface area contributed by atoms with Crippen LogP contribution in [0.5, 0.6) is 0 Å². The zero-order chi connectivity index (χ0) is 9.68. The topological polar surface area (TPSA) is 32.6 Å². The summed E-state index contributed by atoms with van der Waals surface area (Å²) < 4.78 is 0. The normalized spacial score (nSPS) is 11.0. The molecule has 4 heteroatoms. The van der Waals surface area contributed by atoms with Crippen molar-refractivity contribution >= 4 is 29.4 Å². The molecule has 0 aromatic heterocycles. The lowest BCUT2D eigenvalue weighted by Gasteiger charge is -1.97. The Balaban J connectivity index is 2.77. The average Bonchev–Trinajstić information content (AvgIpc) is 2.09. The summed E-state index contributed by atoms with van der Waals surface area (Å²) in [4.78, 5) is 3.95. The number of aliphatic imine (C=N–C) groups is 1. The van der Waals surface area contributed by atoms with Crippen LogP contribution >= 0.6 is 23.2 Å². The number of hydrogen-bond acceptors (Lipinski definition) is 2. The predicted octanol–water partition coefficient (Wildman–Crippen LogP) is 2.40. The van der Waals surface area contributed by atoms with Gasteiger partial charge in [0.15, 0.2) is 0 Å². The van der Waals surface area contributed by atoms with Crippen LogP contribution in [0.1, 0.15) is 5.56 Å². The summed E-state index contributed by atoms with van der Waals surface area (Å²) >= 11 is 11.6. The molecule has 0 amide bonds. The van der Waals surface area contributed by atoms with Crippen molar-refractivity contribution in [2.45, 2.75) is 0 Å². The second-order valence-electron chi connectivity index (χ2n) is 2.42. The summed E-state index contributed by atoms with van der Waals surface area (Å²) in [7, 11) is 0. The summed E-state index contributed by atoms with van der Waals surface area (Å²) in [6.45, 7) is 0.431. The maximum absolute atomic E-state index is 8.49. The van der Waals surface area contributed by atoms with Crippen molar-refractivity contribution < 1.29 is 5.11 Å². The average molecular weight is 218 g/mol. The van der Waals surface area contributed by atoms with Crippen molar-refractivity contribution in [2.24, 2.45) is 4.99 Å². The van der Waals surface area contributed by atoms with Gasteiger partial charge in [-0.2, -0.15) is 0 Å². The molecule has 70 valence electrons. The van der Waals surface area contributed by atoms with Crippen LogP contribution in [0.15, 0.2) is 23.2 Å². The maximum atomic E-state index is 8.49. The highest BCUT2D eigenvalue weighted by molar-refractivity contribution is 6.36. The van der Waals surface area contributed by atoms with Gasteiger partial charge in [0.25, 0.3) is 0 Å². The summed E-state index contributed by atoms with van der Waals surface area (Å²) in [5, 5.41) is 9.66. The Kier molecular flexibility index (Phi) is 4.22. The van der Waals surface area contributed by atoms with Gasteiger partial charge in [-0.05, 0) is 12.1 Å². The summed E-state index contributed by atoms with van der Waals surface area (Å²) in [6.07, 6.45) is 1.62. The molecule has 0 aliphatic heterocycles. The number of nitrogens with zero attached hydrogens (tertiary/aromatic N) is 1. The molecule has 2 nitrogen and oxygen atoms in total. The third-order valence-electron chi connectivity index (χ3n) is 1.42. The fraction of sp³-hybridized carbons (Fsp3) is 0.222. The van der Waals surface area contributed by atoms with Crippen LogP contribution in [0.25, 0.3) is 0 Å². The van der Waals surface area contributed by atoms with Gasteiger partial charge in [0, 0.05) is 16.8 Å². The lowest BCUT2D eigenvalue weighted by Crippen LogP contribution is -1.89. The number of benzene rings is 1. The second kappa shape index (κ2) is 5.22. The summed E-state index contributed by atoms with van der Waals surface area (Å²) in [5.41, 5.74) is 0.805. The van der Waals surface area contributed by atoms with E-state index >= 15 is 0 Å². The van der Waals surface area contributed by atoms with E-state index in [1.54, 1.807) is 24.4 Å². The highest BCUT2D eigenvalue weighted by atomic mass is 35.5. The lowest BCUT2D eigenvalue weighted by atomic mass is 10.2. The number of halogens is 2. The van der Waals surface area contributed by atoms with E-state index in [0.717, 1.165) is 5.56 Å². The monoisotopic (exact) mass is 217 g/mol. The Morgan fingerprint density at radius 3 is 2.77 bits per heavy atom. The first-order chi connectivity index (χ1) is 6.24. The van der Waals surface area contributed by atoms with Gasteiger partial charge in [-0.3, -0.25) is 4.99 Å². The number of aliphatic hydroxyl groups excluding tert-OH is 1. The molecule has 0 heterocycles. The van der Waals surface area contributed by atoms with Crippen molar-refractivity contribution in [3.8, 4) is 0 Å². The first-order valence-corrected chi connectivity index (χ1v) is 4.55. The van der Waals surface area contributed by atoms with Gasteiger partial charge >= 0.3 is 0 Å². The van der Waals surface area contributed by atoms with Gasteiger partial charge in [-0.15, -0.1) is 0 Å². The van der Waals surface area contributed by atoms with E-state index in [1.165, 1.54) is 0 Å². The van der Waals surface area contributed by atoms with Gasteiger partial charge in [-0.25, -0.2) is 0 Å². The number of hydrogen-bond donors (Lipinski definition) is 1. The number of rotatable bonds is 3. The van der Waals surface area contributed by atoms with Crippen LogP contribution in [0.3, 0.4) is 0 Å². The zero-order valence-electron chi connectivity index (χ0n) is 6.87. The van der Waals surface area contributed by atoms with Crippen molar-refractivity contribution in [2.75, 3.05) is 13.2 Å². The molecule has 0 unspecified atom stereocenters. The van der Waals surface area contributed by atoms with Crippen LogP contribution in [0.2, 0.25) is 10.0 Å². The molecule has 1 rings (SSSR count). The number of aliphatic hydroxyl groups is 1. The van der Waals surface area contributed by atoms with E-state index in [0.29, 0.717) is 16.6 Å². The molecule has 0 atom stereocenters. The van der Waals surface area contributed by atoms with Crippen molar-refractivity contribution in [3.63, 3.8) is 0 Å². The Morgan fingerprint density at radius 1 is 1.38 bits per heavy atom. The molecular formula is C9H9Cl2NO. The molecule has 1 aromatic rings. The predicted molar refractivity (Wildman–Crippen MR) is 56.0 cm³/mol. The minimum atomic E-state index is 0.0434. The van der Waals surface area contributed by atoms with E-state index in [2.05, 4.69) is 4.99 Å². The first kappa shape index (κ1) is 10.5. The molecule has 0 radical (unpaired) electrons. The van der Waals surface area contributed by atoms with Gasteiger partial charge < -0.3 is 5.11 Å². The Bertz CT molecular complexity index is 312. The molecule has 0 bridgehead atoms. The quantitative estimate of drug-likeness (QED) is 0.776. The molecule has 0 saturated heterocycles. The van der Waals surface area contributed by atoms with Crippen LogP contribution in [0.4, 0.5) is 0 Å². The molecule has 0 spiro atoms. The minimum absolute atomic E-state index is 0.0434. The Morgan fingerprint density at radius 2 is 2.15 bits per heavy atom. The van der Waals surface area contributed by atoms with E-state index in [4.69, 9.17) is 28.3 Å². The van der Waals surface area contributed by atoms with E-state index in [9.17, 15) is 0 Å². The molecule has 1 N–H and O–H groups in total. The smallest absolute Gasteiger partial charge is 0.0626 e. The van der Waals surface area contributed by atoms with Gasteiger partial charge in [-0.1, -0.05) is 29.3 Å². The molecule has 0 saturated carbocycles. The van der Waals surface area contributed by atoms with Crippen molar-refractivity contribution in [3.05, 3.63) is 33.8 Å². The molecular weight excluding hydrogens is 209 g/mol. The second-order valence-corrected chi connectivity index (χ2v) is 3.27. The largest absolute Gasteiger partial charge is 0.394 e.